The van der Waals surface area contributed by atoms with Crippen LogP contribution in [0, 0.1) is 11.3 Å². The number of nitrogens with zero attached hydrogens (tertiary/aromatic N) is 1. The largest absolute Gasteiger partial charge is 0.464 e. The number of halogens is 1. The van der Waals surface area contributed by atoms with Gasteiger partial charge in [0, 0.05) is 0 Å². The molecule has 1 heterocycles. The van der Waals surface area contributed by atoms with Gasteiger partial charge in [0.1, 0.15) is 16.8 Å². The fourth-order valence-electron chi connectivity index (χ4n) is 0.855. The molecule has 68 valence electrons. The van der Waals surface area contributed by atoms with Crippen molar-refractivity contribution >= 4 is 23.3 Å². The van der Waals surface area contributed by atoms with Crippen LogP contribution < -0.4 is 5.73 Å². The molecule has 0 aliphatic heterocycles. The predicted octanol–water partition coefficient (Wildman–Crippen LogP) is 0.909. The van der Waals surface area contributed by atoms with Gasteiger partial charge in [-0.05, 0) is 0 Å². The number of aromatic amines is 1. The number of nitrogen functional groups attached to an aromatic ring is 1. The van der Waals surface area contributed by atoms with Crippen molar-refractivity contribution < 1.29 is 9.53 Å². The molecule has 6 heteroatoms. The summed E-state index contributed by atoms with van der Waals surface area (Å²) >= 11 is 5.59. The van der Waals surface area contributed by atoms with E-state index in [4.69, 9.17) is 22.6 Å². The first-order valence-electron chi connectivity index (χ1n) is 3.27. The lowest BCUT2D eigenvalue weighted by molar-refractivity contribution is 0.0596. The maximum atomic E-state index is 11.0. The van der Waals surface area contributed by atoms with E-state index in [0.29, 0.717) is 0 Å². The van der Waals surface area contributed by atoms with Crippen molar-refractivity contribution in [3.8, 4) is 6.07 Å². The lowest BCUT2D eigenvalue weighted by Crippen LogP contribution is -2.04. The molecule has 13 heavy (non-hydrogen) atoms. The van der Waals surface area contributed by atoms with Crippen molar-refractivity contribution in [3.05, 3.63) is 16.4 Å². The quantitative estimate of drug-likeness (QED) is 0.658. The monoisotopic (exact) mass is 199 g/mol. The zero-order chi connectivity index (χ0) is 10.0. The molecule has 1 rings (SSSR count). The van der Waals surface area contributed by atoms with E-state index in [1.54, 1.807) is 6.07 Å². The van der Waals surface area contributed by atoms with E-state index in [2.05, 4.69) is 9.72 Å². The van der Waals surface area contributed by atoms with Crippen LogP contribution in [0.5, 0.6) is 0 Å². The smallest absolute Gasteiger partial charge is 0.356 e. The summed E-state index contributed by atoms with van der Waals surface area (Å²) in [7, 11) is 1.21. The zero-order valence-corrected chi connectivity index (χ0v) is 7.47. The predicted molar refractivity (Wildman–Crippen MR) is 46.3 cm³/mol. The topological polar surface area (TPSA) is 91.9 Å². The first-order valence-corrected chi connectivity index (χ1v) is 3.65. The standard InChI is InChI=1S/C7H6ClN3O2/c1-13-7(12)5-4(10)3(2-9)6(8)11-5/h11H,10H2,1H3. The van der Waals surface area contributed by atoms with Crippen molar-refractivity contribution in [1.82, 2.24) is 4.98 Å². The third-order valence-corrected chi connectivity index (χ3v) is 1.78. The van der Waals surface area contributed by atoms with E-state index >= 15 is 0 Å². The number of nitrogens with two attached hydrogens (primary N) is 1. The molecule has 0 saturated carbocycles. The van der Waals surface area contributed by atoms with Crippen LogP contribution in [0.4, 0.5) is 5.69 Å². The van der Waals surface area contributed by atoms with Gasteiger partial charge in [-0.1, -0.05) is 11.6 Å². The summed E-state index contributed by atoms with van der Waals surface area (Å²) in [6.45, 7) is 0. The van der Waals surface area contributed by atoms with E-state index < -0.39 is 5.97 Å². The Kier molecular flexibility index (Phi) is 2.44. The van der Waals surface area contributed by atoms with Gasteiger partial charge in [0.2, 0.25) is 0 Å². The molecule has 0 atom stereocenters. The molecule has 0 bridgehead atoms. The van der Waals surface area contributed by atoms with E-state index in [-0.39, 0.29) is 22.1 Å². The molecular formula is C7H6ClN3O2. The van der Waals surface area contributed by atoms with Gasteiger partial charge in [0.15, 0.2) is 5.69 Å². The summed E-state index contributed by atoms with van der Waals surface area (Å²) < 4.78 is 4.41. The van der Waals surface area contributed by atoms with Crippen LogP contribution in [0.2, 0.25) is 5.15 Å². The van der Waals surface area contributed by atoms with Crippen molar-refractivity contribution in [2.24, 2.45) is 0 Å². The van der Waals surface area contributed by atoms with E-state index in [1.165, 1.54) is 7.11 Å². The van der Waals surface area contributed by atoms with Gasteiger partial charge in [-0.3, -0.25) is 0 Å². The van der Waals surface area contributed by atoms with Gasteiger partial charge in [-0.25, -0.2) is 4.79 Å². The van der Waals surface area contributed by atoms with Crippen LogP contribution in [0.1, 0.15) is 16.1 Å². The molecule has 0 aliphatic carbocycles. The second-order valence-electron chi connectivity index (χ2n) is 2.21. The summed E-state index contributed by atoms with van der Waals surface area (Å²) in [6, 6.07) is 1.77. The van der Waals surface area contributed by atoms with Crippen LogP contribution >= 0.6 is 11.6 Å². The molecule has 1 aromatic rings. The number of hydrogen-bond acceptors (Lipinski definition) is 4. The Balaban J connectivity index is 3.28. The van der Waals surface area contributed by atoms with Crippen LogP contribution in [0.3, 0.4) is 0 Å². The lowest BCUT2D eigenvalue weighted by Gasteiger charge is -1.95. The lowest BCUT2D eigenvalue weighted by atomic mass is 10.3. The Morgan fingerprint density at radius 3 is 2.77 bits per heavy atom. The van der Waals surface area contributed by atoms with Gasteiger partial charge >= 0.3 is 5.97 Å². The van der Waals surface area contributed by atoms with Crippen molar-refractivity contribution in [2.45, 2.75) is 0 Å². The summed E-state index contributed by atoms with van der Waals surface area (Å²) in [5.41, 5.74) is 5.53. The Labute approximate surface area is 79.0 Å². The van der Waals surface area contributed by atoms with Crippen molar-refractivity contribution in [3.63, 3.8) is 0 Å². The number of esters is 1. The maximum Gasteiger partial charge on any atom is 0.356 e. The summed E-state index contributed by atoms with van der Waals surface area (Å²) in [4.78, 5) is 13.5. The minimum absolute atomic E-state index is 0.00375. The molecule has 0 amide bonds. The van der Waals surface area contributed by atoms with Gasteiger partial charge in [-0.15, -0.1) is 0 Å². The number of carbonyl (C=O) groups is 1. The average Bonchev–Trinajstić information content (AvgIpc) is 2.40. The first kappa shape index (κ1) is 9.42. The Hall–Kier alpha value is -1.67. The van der Waals surface area contributed by atoms with Crippen molar-refractivity contribution in [2.75, 3.05) is 12.8 Å². The van der Waals surface area contributed by atoms with Gasteiger partial charge < -0.3 is 15.5 Å². The van der Waals surface area contributed by atoms with Crippen LogP contribution in [-0.2, 0) is 4.74 Å². The highest BCUT2D eigenvalue weighted by Gasteiger charge is 2.19. The summed E-state index contributed by atoms with van der Waals surface area (Å²) in [5, 5.41) is 8.62. The zero-order valence-electron chi connectivity index (χ0n) is 6.72. The third-order valence-electron chi connectivity index (χ3n) is 1.49. The molecular weight excluding hydrogens is 194 g/mol. The number of methoxy groups -OCH3 is 1. The molecule has 0 radical (unpaired) electrons. The molecule has 0 fully saturated rings. The fraction of sp³-hybridized carbons (Fsp3) is 0.143. The first-order chi connectivity index (χ1) is 6.11. The molecule has 5 nitrogen and oxygen atoms in total. The summed E-state index contributed by atoms with van der Waals surface area (Å²) in [6.07, 6.45) is 0. The van der Waals surface area contributed by atoms with Crippen molar-refractivity contribution in [1.29, 1.82) is 5.26 Å². The number of nitrogens with one attached hydrogen (secondary N) is 1. The Morgan fingerprint density at radius 2 is 2.38 bits per heavy atom. The van der Waals surface area contributed by atoms with E-state index in [0.717, 1.165) is 0 Å². The highest BCUT2D eigenvalue weighted by molar-refractivity contribution is 6.31. The molecule has 1 aromatic heterocycles. The Bertz CT molecular complexity index is 391. The molecule has 0 saturated heterocycles. The SMILES string of the molecule is COC(=O)c1[nH]c(Cl)c(C#N)c1N. The number of nitriles is 1. The number of aromatic nitrogens is 1. The third kappa shape index (κ3) is 1.44. The maximum absolute atomic E-state index is 11.0. The van der Waals surface area contributed by atoms with E-state index in [9.17, 15) is 4.79 Å². The number of H-pyrrole nitrogens is 1. The normalized spacial score (nSPS) is 9.31. The average molecular weight is 200 g/mol. The second-order valence-corrected chi connectivity index (χ2v) is 2.58. The number of rotatable bonds is 1. The van der Waals surface area contributed by atoms with Gasteiger partial charge in [0.25, 0.3) is 0 Å². The number of anilines is 1. The van der Waals surface area contributed by atoms with Crippen LogP contribution in [-0.4, -0.2) is 18.1 Å². The van der Waals surface area contributed by atoms with Gasteiger partial charge in [-0.2, -0.15) is 5.26 Å². The highest BCUT2D eigenvalue weighted by Crippen LogP contribution is 2.24. The molecule has 0 spiro atoms. The summed E-state index contributed by atoms with van der Waals surface area (Å²) in [5.74, 6) is -0.652. The minimum Gasteiger partial charge on any atom is -0.464 e. The van der Waals surface area contributed by atoms with Crippen LogP contribution in [0.15, 0.2) is 0 Å². The minimum atomic E-state index is -0.652. The number of hydrogen-bond donors (Lipinski definition) is 2. The Morgan fingerprint density at radius 1 is 1.77 bits per heavy atom. The molecule has 3 N–H and O–H groups in total. The fourth-order valence-corrected chi connectivity index (χ4v) is 1.09. The number of carbonyl (C=O) groups excluding carboxylic acids is 1. The van der Waals surface area contributed by atoms with Gasteiger partial charge in [0.05, 0.1) is 12.8 Å². The highest BCUT2D eigenvalue weighted by atomic mass is 35.5. The molecule has 0 aromatic carbocycles. The second kappa shape index (κ2) is 3.37. The molecule has 0 aliphatic rings. The molecule has 0 unspecified atom stereocenters. The van der Waals surface area contributed by atoms with Crippen LogP contribution in [0.25, 0.3) is 0 Å². The van der Waals surface area contributed by atoms with E-state index in [1.807, 2.05) is 0 Å². The number of ether oxygens (including phenoxy) is 1.